The normalized spacial score (nSPS) is 17.7. The summed E-state index contributed by atoms with van der Waals surface area (Å²) >= 11 is 0. The molecule has 2 aromatic carbocycles. The maximum absolute atomic E-state index is 13.2. The number of hydrogen-bond donors (Lipinski definition) is 3. The Morgan fingerprint density at radius 1 is 1.03 bits per heavy atom. The highest BCUT2D eigenvalue weighted by Crippen LogP contribution is 2.33. The third-order valence-electron chi connectivity index (χ3n) is 6.08. The van der Waals surface area contributed by atoms with Gasteiger partial charge in [0.25, 0.3) is 17.7 Å². The van der Waals surface area contributed by atoms with Crippen LogP contribution in [0.1, 0.15) is 44.7 Å². The highest BCUT2D eigenvalue weighted by molar-refractivity contribution is 6.25. The molecule has 1 unspecified atom stereocenters. The van der Waals surface area contributed by atoms with E-state index >= 15 is 0 Å². The summed E-state index contributed by atoms with van der Waals surface area (Å²) in [6.07, 6.45) is -0.284. The van der Waals surface area contributed by atoms with Crippen molar-refractivity contribution in [3.63, 3.8) is 0 Å². The number of benzene rings is 2. The molecule has 10 nitrogen and oxygen atoms in total. The van der Waals surface area contributed by atoms with Gasteiger partial charge in [-0.2, -0.15) is 0 Å². The molecular weight excluding hydrogens is 440 g/mol. The van der Waals surface area contributed by atoms with Gasteiger partial charge in [-0.15, -0.1) is 0 Å². The van der Waals surface area contributed by atoms with Crippen LogP contribution in [0.15, 0.2) is 42.5 Å². The van der Waals surface area contributed by atoms with Crippen molar-refractivity contribution >= 4 is 35.4 Å². The molecule has 34 heavy (non-hydrogen) atoms. The number of likely N-dealkylation sites (N-methyl/N-ethyl adjacent to an activating group) is 1. The van der Waals surface area contributed by atoms with E-state index in [0.717, 1.165) is 20.9 Å². The minimum atomic E-state index is -1.06. The molecule has 0 aliphatic carbocycles. The van der Waals surface area contributed by atoms with Crippen molar-refractivity contribution in [2.24, 2.45) is 0 Å². The molecule has 5 amide bonds. The molecule has 1 saturated heterocycles. The molecule has 10 heteroatoms. The smallest absolute Gasteiger partial charge is 0.404 e. The molecule has 2 heterocycles. The van der Waals surface area contributed by atoms with Gasteiger partial charge in [0.05, 0.1) is 11.1 Å². The molecule has 0 aromatic heterocycles. The van der Waals surface area contributed by atoms with Gasteiger partial charge in [0.2, 0.25) is 5.91 Å². The molecule has 0 spiro atoms. The first-order chi connectivity index (χ1) is 16.3. The molecule has 0 bridgehead atoms. The summed E-state index contributed by atoms with van der Waals surface area (Å²) in [5.74, 6) is -1.97. The molecule has 0 radical (unpaired) electrons. The van der Waals surface area contributed by atoms with Crippen LogP contribution >= 0.6 is 0 Å². The van der Waals surface area contributed by atoms with Gasteiger partial charge in [-0.1, -0.05) is 30.3 Å². The highest BCUT2D eigenvalue weighted by atomic mass is 16.4. The van der Waals surface area contributed by atoms with Gasteiger partial charge < -0.3 is 15.7 Å². The van der Waals surface area contributed by atoms with Crippen LogP contribution in [0.5, 0.6) is 0 Å². The number of piperidine rings is 1. The SMILES string of the molecule is CN1C(=O)CCC(N2C(=O)c3cccc(NCc4ccc(CCNC(=O)O)cc4)c3C2=O)C1=O. The van der Waals surface area contributed by atoms with Gasteiger partial charge in [0, 0.05) is 32.2 Å². The minimum Gasteiger partial charge on any atom is -0.465 e. The van der Waals surface area contributed by atoms with Crippen molar-refractivity contribution < 1.29 is 29.1 Å². The van der Waals surface area contributed by atoms with Gasteiger partial charge in [0.15, 0.2) is 0 Å². The average molecular weight is 464 g/mol. The van der Waals surface area contributed by atoms with Crippen LogP contribution < -0.4 is 10.6 Å². The summed E-state index contributed by atoms with van der Waals surface area (Å²) in [5, 5.41) is 14.2. The number of nitrogens with zero attached hydrogens (tertiary/aromatic N) is 2. The quantitative estimate of drug-likeness (QED) is 0.532. The first kappa shape index (κ1) is 23.0. The summed E-state index contributed by atoms with van der Waals surface area (Å²) < 4.78 is 0. The molecule has 2 aliphatic heterocycles. The highest BCUT2D eigenvalue weighted by Gasteiger charge is 2.47. The van der Waals surface area contributed by atoms with E-state index in [9.17, 15) is 24.0 Å². The van der Waals surface area contributed by atoms with Crippen molar-refractivity contribution in [2.75, 3.05) is 18.9 Å². The number of amides is 5. The van der Waals surface area contributed by atoms with Crippen LogP contribution in [-0.4, -0.2) is 64.3 Å². The molecule has 176 valence electrons. The maximum Gasteiger partial charge on any atom is 0.404 e. The predicted octanol–water partition coefficient (Wildman–Crippen LogP) is 1.85. The first-order valence-corrected chi connectivity index (χ1v) is 10.9. The van der Waals surface area contributed by atoms with Crippen LogP contribution in [-0.2, 0) is 22.6 Å². The number of likely N-dealkylation sites (tertiary alicyclic amines) is 1. The van der Waals surface area contributed by atoms with E-state index in [1.54, 1.807) is 18.2 Å². The van der Waals surface area contributed by atoms with Gasteiger partial charge in [0.1, 0.15) is 6.04 Å². The summed E-state index contributed by atoms with van der Waals surface area (Å²) in [7, 11) is 1.36. The van der Waals surface area contributed by atoms with Crippen molar-refractivity contribution in [1.82, 2.24) is 15.1 Å². The van der Waals surface area contributed by atoms with Crippen molar-refractivity contribution in [1.29, 1.82) is 0 Å². The van der Waals surface area contributed by atoms with Crippen molar-refractivity contribution in [3.05, 3.63) is 64.7 Å². The number of anilines is 1. The molecule has 3 N–H and O–H groups in total. The third-order valence-corrected chi connectivity index (χ3v) is 6.08. The number of carbonyl (C=O) groups excluding carboxylic acids is 4. The van der Waals surface area contributed by atoms with Gasteiger partial charge in [-0.05, 0) is 36.1 Å². The van der Waals surface area contributed by atoms with E-state index in [-0.39, 0.29) is 29.9 Å². The Labute approximate surface area is 195 Å². The zero-order valence-electron chi connectivity index (χ0n) is 18.5. The fraction of sp³-hybridized carbons (Fsp3) is 0.292. The fourth-order valence-corrected chi connectivity index (χ4v) is 4.21. The van der Waals surface area contributed by atoms with Crippen LogP contribution in [0.3, 0.4) is 0 Å². The Hall–Kier alpha value is -4.21. The lowest BCUT2D eigenvalue weighted by molar-refractivity contribution is -0.149. The summed E-state index contributed by atoms with van der Waals surface area (Å²) in [6, 6.07) is 11.6. The molecule has 0 saturated carbocycles. The Balaban J connectivity index is 1.47. The van der Waals surface area contributed by atoms with Gasteiger partial charge in [-0.25, -0.2) is 4.79 Å². The van der Waals surface area contributed by atoms with Crippen molar-refractivity contribution in [2.45, 2.75) is 31.8 Å². The standard InChI is InChI=1S/C24H24N4O6/c1-27-19(29)10-9-18(22(27)31)28-21(30)16-3-2-4-17(20(16)23(28)32)26-13-15-7-5-14(6-8-15)11-12-25-24(33)34/h2-8,18,25-26H,9-13H2,1H3,(H,33,34). The second kappa shape index (κ2) is 9.34. The lowest BCUT2D eigenvalue weighted by Gasteiger charge is -2.32. The van der Waals surface area contributed by atoms with E-state index < -0.39 is 29.9 Å². The largest absolute Gasteiger partial charge is 0.465 e. The van der Waals surface area contributed by atoms with Crippen LogP contribution in [0.2, 0.25) is 0 Å². The summed E-state index contributed by atoms with van der Waals surface area (Å²) in [6.45, 7) is 0.717. The van der Waals surface area contributed by atoms with E-state index in [1.807, 2.05) is 24.3 Å². The Bertz CT molecular complexity index is 1180. The van der Waals surface area contributed by atoms with Gasteiger partial charge in [-0.3, -0.25) is 29.0 Å². The lowest BCUT2D eigenvalue weighted by Crippen LogP contribution is -2.54. The zero-order chi connectivity index (χ0) is 24.4. The number of rotatable bonds is 7. The number of fused-ring (bicyclic) bond motifs is 1. The molecule has 2 aliphatic rings. The Morgan fingerprint density at radius 2 is 1.74 bits per heavy atom. The number of nitrogens with one attached hydrogen (secondary N) is 2. The minimum absolute atomic E-state index is 0.0911. The zero-order valence-corrected chi connectivity index (χ0v) is 18.5. The second-order valence-corrected chi connectivity index (χ2v) is 8.21. The number of hydrogen-bond acceptors (Lipinski definition) is 6. The topological polar surface area (TPSA) is 136 Å². The second-order valence-electron chi connectivity index (χ2n) is 8.21. The van der Waals surface area contributed by atoms with Crippen LogP contribution in [0.25, 0.3) is 0 Å². The maximum atomic E-state index is 13.2. The molecule has 4 rings (SSSR count). The molecule has 1 atom stereocenters. The average Bonchev–Trinajstić information content (AvgIpc) is 3.07. The van der Waals surface area contributed by atoms with Crippen molar-refractivity contribution in [3.8, 4) is 0 Å². The van der Waals surface area contributed by atoms with Crippen LogP contribution in [0.4, 0.5) is 10.5 Å². The Morgan fingerprint density at radius 3 is 2.44 bits per heavy atom. The number of carboxylic acid groups (broad SMARTS) is 1. The number of carbonyl (C=O) groups is 5. The first-order valence-electron chi connectivity index (χ1n) is 10.9. The summed E-state index contributed by atoms with van der Waals surface area (Å²) in [4.78, 5) is 63.1. The van der Waals surface area contributed by atoms with E-state index in [2.05, 4.69) is 10.6 Å². The monoisotopic (exact) mass is 464 g/mol. The predicted molar refractivity (Wildman–Crippen MR) is 121 cm³/mol. The molecule has 1 fully saturated rings. The van der Waals surface area contributed by atoms with E-state index in [0.29, 0.717) is 25.2 Å². The Kier molecular flexibility index (Phi) is 6.31. The molecule has 2 aromatic rings. The van der Waals surface area contributed by atoms with E-state index in [1.165, 1.54) is 7.05 Å². The third kappa shape index (κ3) is 4.34. The lowest BCUT2D eigenvalue weighted by atomic mass is 10.0. The summed E-state index contributed by atoms with van der Waals surface area (Å²) in [5.41, 5.74) is 2.85. The molecular formula is C24H24N4O6. The van der Waals surface area contributed by atoms with Crippen LogP contribution in [0, 0.1) is 0 Å². The number of imide groups is 2. The fourth-order valence-electron chi connectivity index (χ4n) is 4.21. The van der Waals surface area contributed by atoms with E-state index in [4.69, 9.17) is 5.11 Å². The van der Waals surface area contributed by atoms with Gasteiger partial charge >= 0.3 is 6.09 Å².